The maximum atomic E-state index is 5.75. The van der Waals surface area contributed by atoms with E-state index in [-0.39, 0.29) is 0 Å². The van der Waals surface area contributed by atoms with Crippen molar-refractivity contribution in [1.82, 2.24) is 79.3 Å². The van der Waals surface area contributed by atoms with E-state index in [1.807, 2.05) is 131 Å². The summed E-state index contributed by atoms with van der Waals surface area (Å²) in [7, 11) is 1.99. The van der Waals surface area contributed by atoms with Gasteiger partial charge in [-0.1, -0.05) is 57.6 Å². The molecule has 0 aliphatic heterocycles. The summed E-state index contributed by atoms with van der Waals surface area (Å²) in [5.41, 5.74) is 91.0. The van der Waals surface area contributed by atoms with Crippen LogP contribution in [0.5, 0.6) is 0 Å². The molecule has 24 rings (SSSR count). The fourth-order valence-corrected chi connectivity index (χ4v) is 17.7. The first-order chi connectivity index (χ1) is 63.0. The molecule has 0 saturated carbocycles. The Bertz CT molecular complexity index is 6620. The molecule has 0 aromatic carbocycles. The fraction of sp³-hybridized carbons (Fsp3) is 0.235. The lowest BCUT2D eigenvalue weighted by Gasteiger charge is -2.05. The number of aromatic amines is 3. The van der Waals surface area contributed by atoms with E-state index >= 15 is 0 Å². The van der Waals surface area contributed by atoms with Crippen molar-refractivity contribution in [1.29, 1.82) is 0 Å². The Morgan fingerprint density at radius 2 is 1.01 bits per heavy atom. The molecule has 0 spiro atoms. The summed E-state index contributed by atoms with van der Waals surface area (Å²) in [5.74, 6) is 9.49. The standard InChI is InChI=1S/C9H12N2.C9H10N2.C9H12N2.C9H10N2.C9H12N2.C9H10N2.3C8H9N3.C8H8N2O.C8H8N2S.C8H8N2/c2*1-6-4-7-2-3-11-9(10)8(7)5-6;2*1-6-2-3-8-7(6)4-5-11-9(8)10;2*1-6-2-3-7-4-5-11-9(10)8(6)7;1-11-5-3-6-7(11)2-4-10-8(6)9;4*1-5-4-11-7-6(5)2-3-10-8(7)9;1-6-4-7-2-3-9-5-8(7)10-6/h2-3,6H,4-5H2,1H3,(H2,10,11);2-3,5H,4H2,1H3,(H2,10,11);4-6H,2-3H2,1H3,(H2,10,11);2-6H,1H3,(H2,10,11);4-6H,2-3H2,1H3,(H2,10,11);2,4-5H,3H2,1H3,(H2,10,11);2-5H,1H3,(H2,9,10);2*2-4,11H,1H3,(H2,9,10);2*2-4H,1H3,(H2,9,10);2-5,10H,1H3. The zero-order valence-electron chi connectivity index (χ0n) is 76.2. The van der Waals surface area contributed by atoms with Crippen LogP contribution < -0.4 is 63.1 Å². The molecule has 0 bridgehead atoms. The predicted molar refractivity (Wildman–Crippen MR) is 542 cm³/mol. The Labute approximate surface area is 766 Å². The number of nitrogens with two attached hydrogens (primary N) is 11. The number of furan rings is 1. The third-order valence-electron chi connectivity index (χ3n) is 23.9. The van der Waals surface area contributed by atoms with Crippen LogP contribution in [0.1, 0.15) is 167 Å². The van der Waals surface area contributed by atoms with Crippen LogP contribution in [0.3, 0.4) is 0 Å². The molecule has 18 aromatic rings. The minimum Gasteiger partial charge on any atom is -0.460 e. The summed E-state index contributed by atoms with van der Waals surface area (Å²) in [6.07, 6.45) is 48.0. The van der Waals surface area contributed by atoms with Crippen LogP contribution in [0.25, 0.3) is 82.4 Å². The highest BCUT2D eigenvalue weighted by Crippen LogP contribution is 2.39. The predicted octanol–water partition coefficient (Wildman–Crippen LogP) is 19.7. The number of rotatable bonds is 0. The monoisotopic (exact) mass is 1770 g/mol. The van der Waals surface area contributed by atoms with Crippen LogP contribution in [0.4, 0.5) is 64.0 Å². The van der Waals surface area contributed by atoms with Crippen LogP contribution in [0.15, 0.2) is 218 Å². The van der Waals surface area contributed by atoms with Gasteiger partial charge in [0.25, 0.3) is 0 Å². The first kappa shape index (κ1) is 93.1. The molecule has 672 valence electrons. The summed E-state index contributed by atoms with van der Waals surface area (Å²) < 4.78 is 8.32. The number of allylic oxidation sites excluding steroid dienone is 4. The van der Waals surface area contributed by atoms with E-state index in [1.165, 1.54) is 120 Å². The molecular weight excluding hydrogens is 1650 g/mol. The number of hydrogen-bond donors (Lipinski definition) is 14. The molecule has 18 aromatic heterocycles. The summed E-state index contributed by atoms with van der Waals surface area (Å²) in [6.45, 7) is 23.2. The second-order valence-corrected chi connectivity index (χ2v) is 34.4. The van der Waals surface area contributed by atoms with Crippen molar-refractivity contribution in [2.75, 3.05) is 63.1 Å². The van der Waals surface area contributed by atoms with Crippen molar-refractivity contribution < 1.29 is 4.42 Å². The number of anilines is 11. The number of nitrogen functional groups attached to an aromatic ring is 11. The molecule has 18 heterocycles. The number of aromatic nitrogens is 16. The molecule has 6 aliphatic carbocycles. The normalized spacial score (nSPS) is 14.9. The topological polar surface area (TPSA) is 506 Å². The third-order valence-corrected chi connectivity index (χ3v) is 25.0. The van der Waals surface area contributed by atoms with E-state index in [4.69, 9.17) is 67.5 Å². The Morgan fingerprint density at radius 1 is 0.458 bits per heavy atom. The number of fused-ring (bicyclic) bond motifs is 12. The van der Waals surface area contributed by atoms with Gasteiger partial charge in [-0.15, -0.1) is 11.3 Å². The maximum absolute atomic E-state index is 5.75. The molecule has 0 saturated heterocycles. The lowest BCUT2D eigenvalue weighted by Crippen LogP contribution is -1.98. The summed E-state index contributed by atoms with van der Waals surface area (Å²) in [5, 5.41) is 8.92. The number of H-pyrrole nitrogens is 3. The van der Waals surface area contributed by atoms with Crippen molar-refractivity contribution >= 4 is 158 Å². The van der Waals surface area contributed by atoms with Gasteiger partial charge in [0.2, 0.25) is 0 Å². The van der Waals surface area contributed by atoms with E-state index in [1.54, 1.807) is 92.0 Å². The zero-order chi connectivity index (χ0) is 93.3. The molecule has 29 heteroatoms. The number of pyridine rings is 12. The zero-order valence-corrected chi connectivity index (χ0v) is 77.0. The average Bonchev–Trinajstić information content (AvgIpc) is 1.73. The van der Waals surface area contributed by atoms with Gasteiger partial charge < -0.3 is 87.0 Å². The van der Waals surface area contributed by atoms with Gasteiger partial charge in [0.15, 0.2) is 11.4 Å². The van der Waals surface area contributed by atoms with Crippen molar-refractivity contribution in [3.63, 3.8) is 0 Å². The van der Waals surface area contributed by atoms with E-state index in [9.17, 15) is 0 Å². The largest absolute Gasteiger partial charge is 0.460 e. The van der Waals surface area contributed by atoms with Crippen LogP contribution in [-0.4, -0.2) is 79.3 Å². The molecule has 28 nitrogen and oxygen atoms in total. The minimum atomic E-state index is 0.454. The van der Waals surface area contributed by atoms with Gasteiger partial charge in [-0.05, 0) is 280 Å². The van der Waals surface area contributed by atoms with Gasteiger partial charge in [-0.2, -0.15) is 0 Å². The Balaban J connectivity index is 0.000000122. The van der Waals surface area contributed by atoms with E-state index in [0.717, 1.165) is 120 Å². The molecule has 4 atom stereocenters. The second kappa shape index (κ2) is 42.4. The highest BCUT2D eigenvalue weighted by molar-refractivity contribution is 7.18. The summed E-state index contributed by atoms with van der Waals surface area (Å²) in [6, 6.07) is 28.2. The summed E-state index contributed by atoms with van der Waals surface area (Å²) >= 11 is 1.65. The Morgan fingerprint density at radius 3 is 1.62 bits per heavy atom. The minimum absolute atomic E-state index is 0.454. The van der Waals surface area contributed by atoms with E-state index < -0.39 is 0 Å². The second-order valence-electron chi connectivity index (χ2n) is 33.5. The fourth-order valence-electron chi connectivity index (χ4n) is 16.8. The smallest absolute Gasteiger partial charge is 0.176 e. The first-order valence-electron chi connectivity index (χ1n) is 43.5. The van der Waals surface area contributed by atoms with Crippen LogP contribution in [0.2, 0.25) is 0 Å². The van der Waals surface area contributed by atoms with Crippen molar-refractivity contribution in [3.05, 3.63) is 308 Å². The van der Waals surface area contributed by atoms with E-state index in [0.29, 0.717) is 69.9 Å². The molecule has 4 unspecified atom stereocenters. The van der Waals surface area contributed by atoms with Gasteiger partial charge in [0.05, 0.1) is 39.2 Å². The number of aryl methyl sites for hydroxylation is 7. The molecule has 0 amide bonds. The maximum Gasteiger partial charge on any atom is 0.176 e. The van der Waals surface area contributed by atoms with Gasteiger partial charge >= 0.3 is 0 Å². The van der Waals surface area contributed by atoms with Crippen molar-refractivity contribution in [2.45, 2.75) is 145 Å². The van der Waals surface area contributed by atoms with Crippen LogP contribution in [-0.2, 0) is 45.6 Å². The van der Waals surface area contributed by atoms with Gasteiger partial charge in [-0.3, -0.25) is 4.98 Å². The van der Waals surface area contributed by atoms with Crippen LogP contribution in [0, 0.1) is 40.5 Å². The molecular formula is C102H117N27OS. The van der Waals surface area contributed by atoms with Crippen molar-refractivity contribution in [2.24, 2.45) is 13.0 Å². The highest BCUT2D eigenvalue weighted by atomic mass is 32.1. The molecule has 0 radical (unpaired) electrons. The van der Waals surface area contributed by atoms with E-state index in [2.05, 4.69) is 171 Å². The first-order valence-corrected chi connectivity index (χ1v) is 44.4. The number of thiophene rings is 1. The Hall–Kier alpha value is -15.5. The lowest BCUT2D eigenvalue weighted by molar-refractivity contribution is 0.613. The third kappa shape index (κ3) is 22.4. The number of hydrogen-bond acceptors (Lipinski definition) is 25. The molecule has 6 aliphatic rings. The highest BCUT2D eigenvalue weighted by Gasteiger charge is 2.24. The average molecular weight is 1770 g/mol. The number of nitrogens with zero attached hydrogens (tertiary/aromatic N) is 13. The van der Waals surface area contributed by atoms with Gasteiger partial charge in [-0.25, -0.2) is 54.8 Å². The lowest BCUT2D eigenvalue weighted by atomic mass is 10.0. The SMILES string of the molecule is CC1=CCc2ccnc(N)c21.CC1=Cc2c(ccnc2N)C1.CC1C=Cc2c1ccnc2N.CC1CCc2c1ccnc2N.CC1CCc2ccnc(N)c21.CC1Cc2ccnc(N)c2C1.Cc1c[nH]c2c(N)nccc12.Cc1c[nH]c2c(N)nccc12.Cc1cc2ccncc2[nH]1.Cc1coc2c(N)nccc12.Cc1csc2c(N)nccc12.Cn1ccc2c(N)nccc21. The Kier molecular flexibility index (Phi) is 30.1. The molecule has 131 heavy (non-hydrogen) atoms. The molecule has 25 N–H and O–H groups in total. The van der Waals surface area contributed by atoms with Crippen LogP contribution >= 0.6 is 11.3 Å². The van der Waals surface area contributed by atoms with Gasteiger partial charge in [0, 0.05) is 166 Å². The quantitative estimate of drug-likeness (QED) is 0.0670. The van der Waals surface area contributed by atoms with Gasteiger partial charge in [0.1, 0.15) is 58.2 Å². The van der Waals surface area contributed by atoms with Crippen molar-refractivity contribution in [3.8, 4) is 0 Å². The molecule has 0 fully saturated rings. The number of nitrogens with one attached hydrogen (secondary N) is 3. The summed E-state index contributed by atoms with van der Waals surface area (Å²) in [4.78, 5) is 57.4.